The Morgan fingerprint density at radius 1 is 1.37 bits per heavy atom. The fourth-order valence-corrected chi connectivity index (χ4v) is 3.33. The molecule has 2 aliphatic heterocycles. The number of nitrogens with one attached hydrogen (secondary N) is 1. The van der Waals surface area contributed by atoms with Gasteiger partial charge in [0.1, 0.15) is 5.75 Å². The first kappa shape index (κ1) is 12.9. The average molecular weight is 262 g/mol. The Bertz CT molecular complexity index is 438. The van der Waals surface area contributed by atoms with Crippen molar-refractivity contribution in [2.45, 2.75) is 56.7 Å². The summed E-state index contributed by atoms with van der Waals surface area (Å²) in [5.74, 6) is 0.763. The molecule has 0 aliphatic carbocycles. The average Bonchev–Trinajstić information content (AvgIpc) is 2.76. The van der Waals surface area contributed by atoms with Crippen molar-refractivity contribution in [3.8, 4) is 5.75 Å². The summed E-state index contributed by atoms with van der Waals surface area (Å²) in [5, 5.41) is 14.5. The molecule has 2 fully saturated rings. The van der Waals surface area contributed by atoms with E-state index in [1.807, 2.05) is 6.07 Å². The molecular formula is C15H22N2O2. The summed E-state index contributed by atoms with van der Waals surface area (Å²) in [4.78, 5) is 4.22. The number of hydrogen-bond donors (Lipinski definition) is 2. The highest BCUT2D eigenvalue weighted by molar-refractivity contribution is 5.29. The number of aliphatic hydroxyl groups is 1. The van der Waals surface area contributed by atoms with Gasteiger partial charge in [-0.05, 0) is 38.2 Å². The smallest absolute Gasteiger partial charge is 0.137 e. The van der Waals surface area contributed by atoms with Gasteiger partial charge in [0, 0.05) is 23.8 Å². The van der Waals surface area contributed by atoms with E-state index in [0.29, 0.717) is 18.7 Å². The molecule has 19 heavy (non-hydrogen) atoms. The highest BCUT2D eigenvalue weighted by Crippen LogP contribution is 2.41. The van der Waals surface area contributed by atoms with Gasteiger partial charge < -0.3 is 15.2 Å². The van der Waals surface area contributed by atoms with Gasteiger partial charge in [-0.15, -0.1) is 0 Å². The van der Waals surface area contributed by atoms with Crippen LogP contribution >= 0.6 is 0 Å². The SMILES string of the molecule is CCCOc1cncc(C2(O)CC3CCC(C2)N3)c1. The van der Waals surface area contributed by atoms with Crippen LogP contribution in [0.5, 0.6) is 5.75 Å². The minimum absolute atomic E-state index is 0.448. The highest BCUT2D eigenvalue weighted by atomic mass is 16.5. The van der Waals surface area contributed by atoms with Crippen molar-refractivity contribution >= 4 is 0 Å². The molecule has 0 spiro atoms. The maximum absolute atomic E-state index is 10.9. The molecule has 4 heteroatoms. The van der Waals surface area contributed by atoms with Crippen LogP contribution in [0, 0.1) is 0 Å². The molecule has 0 radical (unpaired) electrons. The van der Waals surface area contributed by atoms with E-state index in [2.05, 4.69) is 17.2 Å². The van der Waals surface area contributed by atoms with E-state index in [1.54, 1.807) is 12.4 Å². The van der Waals surface area contributed by atoms with Crippen LogP contribution in [0.1, 0.15) is 44.6 Å². The van der Waals surface area contributed by atoms with Crippen LogP contribution < -0.4 is 10.1 Å². The van der Waals surface area contributed by atoms with E-state index in [9.17, 15) is 5.11 Å². The van der Waals surface area contributed by atoms with Crippen LogP contribution in [0.4, 0.5) is 0 Å². The normalized spacial score (nSPS) is 33.4. The molecule has 0 amide bonds. The second kappa shape index (κ2) is 5.10. The maximum atomic E-state index is 10.9. The molecule has 0 aromatic carbocycles. The topological polar surface area (TPSA) is 54.4 Å². The van der Waals surface area contributed by atoms with Crippen LogP contribution in [-0.2, 0) is 5.60 Å². The number of piperidine rings is 1. The van der Waals surface area contributed by atoms with Crippen LogP contribution in [0.25, 0.3) is 0 Å². The third kappa shape index (κ3) is 2.60. The Balaban J connectivity index is 1.80. The lowest BCUT2D eigenvalue weighted by atomic mass is 9.82. The Morgan fingerprint density at radius 3 is 2.79 bits per heavy atom. The second-order valence-corrected chi connectivity index (χ2v) is 5.84. The zero-order chi connectivity index (χ0) is 13.3. The Labute approximate surface area is 114 Å². The van der Waals surface area contributed by atoms with Crippen LogP contribution in [0.15, 0.2) is 18.5 Å². The molecule has 2 atom stereocenters. The minimum atomic E-state index is -0.740. The monoisotopic (exact) mass is 262 g/mol. The first-order chi connectivity index (χ1) is 9.19. The quantitative estimate of drug-likeness (QED) is 0.871. The second-order valence-electron chi connectivity index (χ2n) is 5.84. The standard InChI is InChI=1S/C15H22N2O2/c1-2-5-19-14-6-11(9-16-10-14)15(18)7-12-3-4-13(8-15)17-12/h6,9-10,12-13,17-18H,2-5,7-8H2,1H3. The number of aromatic nitrogens is 1. The van der Waals surface area contributed by atoms with E-state index in [-0.39, 0.29) is 0 Å². The van der Waals surface area contributed by atoms with Gasteiger partial charge in [0.25, 0.3) is 0 Å². The molecule has 1 aromatic heterocycles. The fraction of sp³-hybridized carbons (Fsp3) is 0.667. The molecule has 2 aliphatic rings. The number of hydrogen-bond acceptors (Lipinski definition) is 4. The first-order valence-electron chi connectivity index (χ1n) is 7.26. The lowest BCUT2D eigenvalue weighted by Crippen LogP contribution is -2.46. The summed E-state index contributed by atoms with van der Waals surface area (Å²) < 4.78 is 5.61. The van der Waals surface area contributed by atoms with Crippen molar-refractivity contribution in [3.05, 3.63) is 24.0 Å². The molecule has 104 valence electrons. The van der Waals surface area contributed by atoms with E-state index < -0.39 is 5.60 Å². The van der Waals surface area contributed by atoms with E-state index in [1.165, 1.54) is 12.8 Å². The molecule has 1 aromatic rings. The van der Waals surface area contributed by atoms with Crippen molar-refractivity contribution in [2.24, 2.45) is 0 Å². The van der Waals surface area contributed by atoms with Gasteiger partial charge in [-0.25, -0.2) is 0 Å². The molecule has 3 heterocycles. The third-order valence-electron chi connectivity index (χ3n) is 4.23. The number of fused-ring (bicyclic) bond motifs is 2. The molecular weight excluding hydrogens is 240 g/mol. The molecule has 0 saturated carbocycles. The third-order valence-corrected chi connectivity index (χ3v) is 4.23. The summed E-state index contributed by atoms with van der Waals surface area (Å²) in [6.45, 7) is 2.77. The first-order valence-corrected chi connectivity index (χ1v) is 7.26. The predicted molar refractivity (Wildman–Crippen MR) is 73.1 cm³/mol. The van der Waals surface area contributed by atoms with Gasteiger partial charge in [0.15, 0.2) is 0 Å². The zero-order valence-electron chi connectivity index (χ0n) is 11.4. The van der Waals surface area contributed by atoms with Gasteiger partial charge in [-0.3, -0.25) is 4.98 Å². The Kier molecular flexibility index (Phi) is 3.46. The maximum Gasteiger partial charge on any atom is 0.137 e. The van der Waals surface area contributed by atoms with Crippen molar-refractivity contribution in [1.29, 1.82) is 0 Å². The van der Waals surface area contributed by atoms with Gasteiger partial charge in [-0.2, -0.15) is 0 Å². The zero-order valence-corrected chi connectivity index (χ0v) is 11.4. The van der Waals surface area contributed by atoms with E-state index in [4.69, 9.17) is 4.74 Å². The van der Waals surface area contributed by atoms with Gasteiger partial charge in [0.05, 0.1) is 18.4 Å². The van der Waals surface area contributed by atoms with E-state index in [0.717, 1.165) is 30.6 Å². The van der Waals surface area contributed by atoms with Gasteiger partial charge in [0.2, 0.25) is 0 Å². The van der Waals surface area contributed by atoms with Crippen molar-refractivity contribution in [3.63, 3.8) is 0 Å². The van der Waals surface area contributed by atoms with Crippen molar-refractivity contribution in [2.75, 3.05) is 6.61 Å². The summed E-state index contributed by atoms with van der Waals surface area (Å²) in [6.07, 6.45) is 8.38. The number of ether oxygens (including phenoxy) is 1. The van der Waals surface area contributed by atoms with Crippen molar-refractivity contribution < 1.29 is 9.84 Å². The summed E-state index contributed by atoms with van der Waals surface area (Å²) in [7, 11) is 0. The fourth-order valence-electron chi connectivity index (χ4n) is 3.33. The van der Waals surface area contributed by atoms with Gasteiger partial charge in [-0.1, -0.05) is 6.92 Å². The summed E-state index contributed by atoms with van der Waals surface area (Å²) >= 11 is 0. The van der Waals surface area contributed by atoms with Crippen LogP contribution in [-0.4, -0.2) is 28.8 Å². The van der Waals surface area contributed by atoms with Crippen molar-refractivity contribution in [1.82, 2.24) is 10.3 Å². The molecule has 2 saturated heterocycles. The Hall–Kier alpha value is -1.13. The van der Waals surface area contributed by atoms with Crippen LogP contribution in [0.3, 0.4) is 0 Å². The van der Waals surface area contributed by atoms with E-state index >= 15 is 0 Å². The molecule has 3 rings (SSSR count). The number of pyridine rings is 1. The number of rotatable bonds is 4. The number of nitrogens with zero attached hydrogens (tertiary/aromatic N) is 1. The Morgan fingerprint density at radius 2 is 2.11 bits per heavy atom. The largest absolute Gasteiger partial charge is 0.492 e. The van der Waals surface area contributed by atoms with Gasteiger partial charge >= 0.3 is 0 Å². The highest BCUT2D eigenvalue weighted by Gasteiger charge is 2.43. The molecule has 2 bridgehead atoms. The minimum Gasteiger partial charge on any atom is -0.492 e. The van der Waals surface area contributed by atoms with Crippen LogP contribution in [0.2, 0.25) is 0 Å². The summed E-state index contributed by atoms with van der Waals surface area (Å²) in [6, 6.07) is 2.85. The predicted octanol–water partition coefficient (Wildman–Crippen LogP) is 1.97. The molecule has 4 nitrogen and oxygen atoms in total. The molecule has 2 N–H and O–H groups in total. The molecule has 2 unspecified atom stereocenters. The summed E-state index contributed by atoms with van der Waals surface area (Å²) in [5.41, 5.74) is 0.162. The lowest BCUT2D eigenvalue weighted by molar-refractivity contribution is -0.0119. The lowest BCUT2D eigenvalue weighted by Gasteiger charge is -2.37.